The van der Waals surface area contributed by atoms with Crippen LogP contribution in [0.2, 0.25) is 0 Å². The third kappa shape index (κ3) is 5.64. The van der Waals surface area contributed by atoms with Gasteiger partial charge in [0.25, 0.3) is 5.91 Å². The molecule has 0 unspecified atom stereocenters. The van der Waals surface area contributed by atoms with Crippen molar-refractivity contribution in [1.82, 2.24) is 14.5 Å². The number of hydrogen-bond acceptors (Lipinski definition) is 5. The zero-order chi connectivity index (χ0) is 22.6. The van der Waals surface area contributed by atoms with Gasteiger partial charge in [-0.3, -0.25) is 9.59 Å². The summed E-state index contributed by atoms with van der Waals surface area (Å²) in [6.45, 7) is 7.94. The Bertz CT molecular complexity index is 888. The molecule has 1 aromatic rings. The predicted molar refractivity (Wildman–Crippen MR) is 118 cm³/mol. The van der Waals surface area contributed by atoms with Gasteiger partial charge in [0.2, 0.25) is 15.9 Å². The van der Waals surface area contributed by atoms with Crippen molar-refractivity contribution in [2.45, 2.75) is 44.9 Å². The summed E-state index contributed by atoms with van der Waals surface area (Å²) in [7, 11) is -3.33. The number of hydrogen-bond donors (Lipinski definition) is 1. The molecule has 2 heterocycles. The van der Waals surface area contributed by atoms with E-state index in [1.54, 1.807) is 30.9 Å². The van der Waals surface area contributed by atoms with Gasteiger partial charge in [-0.2, -0.15) is 0 Å². The number of carbonyl (C=O) groups excluding carboxylic acids is 2. The van der Waals surface area contributed by atoms with Gasteiger partial charge in [-0.15, -0.1) is 0 Å². The first-order chi connectivity index (χ1) is 14.7. The first-order valence-electron chi connectivity index (χ1n) is 10.9. The van der Waals surface area contributed by atoms with E-state index in [0.29, 0.717) is 57.8 Å². The smallest absolute Gasteiger partial charge is 0.251 e. The van der Waals surface area contributed by atoms with E-state index in [1.807, 2.05) is 19.1 Å². The van der Waals surface area contributed by atoms with E-state index in [-0.39, 0.29) is 17.7 Å². The van der Waals surface area contributed by atoms with Crippen molar-refractivity contribution in [1.29, 1.82) is 0 Å². The fourth-order valence-electron chi connectivity index (χ4n) is 4.13. The van der Waals surface area contributed by atoms with Crippen molar-refractivity contribution in [3.05, 3.63) is 35.4 Å². The molecule has 1 atom stereocenters. The number of benzene rings is 1. The van der Waals surface area contributed by atoms with Crippen LogP contribution in [0.3, 0.4) is 0 Å². The number of piperidine rings is 1. The Kier molecular flexibility index (Phi) is 7.72. The third-order valence-electron chi connectivity index (χ3n) is 6.08. The highest BCUT2D eigenvalue weighted by Crippen LogP contribution is 2.26. The molecule has 31 heavy (non-hydrogen) atoms. The number of rotatable bonds is 6. The highest BCUT2D eigenvalue weighted by molar-refractivity contribution is 7.89. The largest absolute Gasteiger partial charge is 0.378 e. The van der Waals surface area contributed by atoms with E-state index in [4.69, 9.17) is 4.74 Å². The van der Waals surface area contributed by atoms with Crippen molar-refractivity contribution >= 4 is 21.8 Å². The lowest BCUT2D eigenvalue weighted by Gasteiger charge is -2.38. The molecule has 0 spiro atoms. The lowest BCUT2D eigenvalue weighted by atomic mass is 9.88. The van der Waals surface area contributed by atoms with Crippen LogP contribution in [0.15, 0.2) is 24.3 Å². The molecule has 9 heteroatoms. The van der Waals surface area contributed by atoms with Gasteiger partial charge in [0, 0.05) is 31.7 Å². The summed E-state index contributed by atoms with van der Waals surface area (Å²) < 4.78 is 31.9. The molecule has 2 aliphatic rings. The molecule has 0 saturated carbocycles. The Balaban J connectivity index is 1.76. The van der Waals surface area contributed by atoms with Crippen LogP contribution in [0.5, 0.6) is 0 Å². The van der Waals surface area contributed by atoms with Crippen molar-refractivity contribution in [3.8, 4) is 0 Å². The van der Waals surface area contributed by atoms with Crippen LogP contribution in [0.25, 0.3) is 0 Å². The summed E-state index contributed by atoms with van der Waals surface area (Å²) in [4.78, 5) is 28.0. The van der Waals surface area contributed by atoms with Gasteiger partial charge in [-0.25, -0.2) is 12.7 Å². The molecule has 0 bridgehead atoms. The minimum atomic E-state index is -3.33. The van der Waals surface area contributed by atoms with Crippen molar-refractivity contribution in [3.63, 3.8) is 0 Å². The predicted octanol–water partition coefficient (Wildman–Crippen LogP) is 1.40. The minimum absolute atomic E-state index is 0.116. The van der Waals surface area contributed by atoms with Crippen molar-refractivity contribution in [2.75, 3.05) is 39.4 Å². The summed E-state index contributed by atoms with van der Waals surface area (Å²) in [6, 6.07) is 6.57. The molecule has 0 aromatic heterocycles. The fourth-order valence-corrected chi connectivity index (χ4v) is 5.45. The van der Waals surface area contributed by atoms with Gasteiger partial charge < -0.3 is 15.0 Å². The molecule has 2 aliphatic heterocycles. The maximum Gasteiger partial charge on any atom is 0.251 e. The SMILES string of the molecule is Cc1cccc(C(=O)N[C@@H](C(=O)N2CCOCC2)C2CCN(S(=O)(=O)C(C)C)CC2)c1. The first-order valence-corrected chi connectivity index (χ1v) is 12.4. The number of sulfonamides is 1. The standard InChI is InChI=1S/C22H33N3O5S/c1-16(2)31(28,29)25-9-7-18(8-10-25)20(22(27)24-11-13-30-14-12-24)23-21(26)19-6-4-5-17(3)15-19/h4-6,15-16,18,20H,7-14H2,1-3H3,(H,23,26)/t20-/m1/s1. The van der Waals surface area contributed by atoms with E-state index in [9.17, 15) is 18.0 Å². The maximum absolute atomic E-state index is 13.3. The van der Waals surface area contributed by atoms with Crippen LogP contribution < -0.4 is 5.32 Å². The van der Waals surface area contributed by atoms with Crippen molar-refractivity contribution < 1.29 is 22.7 Å². The molecule has 8 nitrogen and oxygen atoms in total. The van der Waals surface area contributed by atoms with Gasteiger partial charge in [-0.1, -0.05) is 17.7 Å². The van der Waals surface area contributed by atoms with E-state index in [0.717, 1.165) is 5.56 Å². The number of ether oxygens (including phenoxy) is 1. The first kappa shape index (κ1) is 23.7. The molecule has 1 aromatic carbocycles. The van der Waals surface area contributed by atoms with E-state index in [2.05, 4.69) is 5.32 Å². The molecule has 2 amide bonds. The van der Waals surface area contributed by atoms with Crippen LogP contribution >= 0.6 is 0 Å². The summed E-state index contributed by atoms with van der Waals surface area (Å²) in [5.41, 5.74) is 1.48. The minimum Gasteiger partial charge on any atom is -0.378 e. The van der Waals surface area contributed by atoms with Gasteiger partial charge in [0.05, 0.1) is 18.5 Å². The summed E-state index contributed by atoms with van der Waals surface area (Å²) in [5, 5.41) is 2.49. The Hall–Kier alpha value is -1.97. The second kappa shape index (κ2) is 10.1. The van der Waals surface area contributed by atoms with Crippen molar-refractivity contribution in [2.24, 2.45) is 5.92 Å². The topological polar surface area (TPSA) is 96.0 Å². The molecule has 2 saturated heterocycles. The van der Waals surface area contributed by atoms with Crippen LogP contribution in [0, 0.1) is 12.8 Å². The van der Waals surface area contributed by atoms with Gasteiger partial charge in [-0.05, 0) is 51.7 Å². The highest BCUT2D eigenvalue weighted by Gasteiger charge is 2.38. The average molecular weight is 452 g/mol. The lowest BCUT2D eigenvalue weighted by Crippen LogP contribution is -2.56. The van der Waals surface area contributed by atoms with E-state index >= 15 is 0 Å². The van der Waals surface area contributed by atoms with Gasteiger partial charge in [0.1, 0.15) is 6.04 Å². The molecular weight excluding hydrogens is 418 g/mol. The molecule has 3 rings (SSSR count). The maximum atomic E-state index is 13.3. The van der Waals surface area contributed by atoms with Crippen LogP contribution in [-0.2, 0) is 19.6 Å². The van der Waals surface area contributed by atoms with E-state index in [1.165, 1.54) is 4.31 Å². The summed E-state index contributed by atoms with van der Waals surface area (Å²) in [5.74, 6) is -0.523. The second-order valence-corrected chi connectivity index (χ2v) is 11.1. The van der Waals surface area contributed by atoms with Gasteiger partial charge >= 0.3 is 0 Å². The second-order valence-electron chi connectivity index (χ2n) is 8.59. The monoisotopic (exact) mass is 451 g/mol. The Morgan fingerprint density at radius 1 is 1.10 bits per heavy atom. The number of aryl methyl sites for hydroxylation is 1. The quantitative estimate of drug-likeness (QED) is 0.705. The fraction of sp³-hybridized carbons (Fsp3) is 0.636. The molecule has 1 N–H and O–H groups in total. The number of carbonyl (C=O) groups is 2. The zero-order valence-electron chi connectivity index (χ0n) is 18.5. The summed E-state index contributed by atoms with van der Waals surface area (Å²) in [6.07, 6.45) is 1.06. The molecule has 2 fully saturated rings. The number of amides is 2. The lowest BCUT2D eigenvalue weighted by molar-refractivity contribution is -0.139. The normalized spacial score (nSPS) is 19.9. The Labute approximate surface area is 185 Å². The van der Waals surface area contributed by atoms with E-state index < -0.39 is 21.3 Å². The highest BCUT2D eigenvalue weighted by atomic mass is 32.2. The Morgan fingerprint density at radius 3 is 2.32 bits per heavy atom. The van der Waals surface area contributed by atoms with Crippen LogP contribution in [0.1, 0.15) is 42.6 Å². The number of nitrogens with one attached hydrogen (secondary N) is 1. The number of morpholine rings is 1. The Morgan fingerprint density at radius 2 is 1.74 bits per heavy atom. The molecule has 0 aliphatic carbocycles. The molecule has 0 radical (unpaired) electrons. The third-order valence-corrected chi connectivity index (χ3v) is 8.36. The van der Waals surface area contributed by atoms with Crippen LogP contribution in [0.4, 0.5) is 0 Å². The summed E-state index contributed by atoms with van der Waals surface area (Å²) >= 11 is 0. The van der Waals surface area contributed by atoms with Gasteiger partial charge in [0.15, 0.2) is 0 Å². The zero-order valence-corrected chi connectivity index (χ0v) is 19.4. The molecule has 172 valence electrons. The number of nitrogens with zero attached hydrogens (tertiary/aromatic N) is 2. The molecular formula is C22H33N3O5S. The average Bonchev–Trinajstić information content (AvgIpc) is 2.77. The van der Waals surface area contributed by atoms with Crippen LogP contribution in [-0.4, -0.2) is 80.1 Å².